The molecule has 2 amide bonds. The number of methoxy groups -OCH3 is 1. The van der Waals surface area contributed by atoms with Crippen LogP contribution in [0.2, 0.25) is 0 Å². The molecule has 9 heteroatoms. The van der Waals surface area contributed by atoms with Gasteiger partial charge in [-0.25, -0.2) is 19.4 Å². The first-order valence-corrected chi connectivity index (χ1v) is 8.24. The lowest BCUT2D eigenvalue weighted by Gasteiger charge is -2.31. The number of rotatable bonds is 6. The first-order valence-electron chi connectivity index (χ1n) is 8.24. The highest BCUT2D eigenvalue weighted by Crippen LogP contribution is 2.24. The van der Waals surface area contributed by atoms with Gasteiger partial charge in [0.15, 0.2) is 0 Å². The Kier molecular flexibility index (Phi) is 5.78. The predicted octanol–water partition coefficient (Wildman–Crippen LogP) is 1.57. The molecule has 0 radical (unpaired) electrons. The highest BCUT2D eigenvalue weighted by Gasteiger charge is 2.24. The van der Waals surface area contributed by atoms with Crippen LogP contribution in [0.1, 0.15) is 18.9 Å². The summed E-state index contributed by atoms with van der Waals surface area (Å²) >= 11 is 0. The minimum absolute atomic E-state index is 0.151. The van der Waals surface area contributed by atoms with Crippen molar-refractivity contribution >= 4 is 11.7 Å². The normalized spacial score (nSPS) is 15.2. The highest BCUT2D eigenvalue weighted by atomic mass is 16.5. The van der Waals surface area contributed by atoms with Gasteiger partial charge in [0, 0.05) is 26.4 Å². The molecule has 0 aromatic carbocycles. The van der Waals surface area contributed by atoms with Crippen molar-refractivity contribution in [1.29, 1.82) is 0 Å². The zero-order valence-electron chi connectivity index (χ0n) is 14.2. The fourth-order valence-electron chi connectivity index (χ4n) is 2.76. The summed E-state index contributed by atoms with van der Waals surface area (Å²) in [5.41, 5.74) is 0.557. The lowest BCUT2D eigenvalue weighted by molar-refractivity contribution is 0.144. The summed E-state index contributed by atoms with van der Waals surface area (Å²) < 4.78 is 12.4. The van der Waals surface area contributed by atoms with Gasteiger partial charge in [-0.15, -0.1) is 0 Å². The van der Waals surface area contributed by atoms with Crippen molar-refractivity contribution in [3.63, 3.8) is 0 Å². The number of hydrogen-bond acceptors (Lipinski definition) is 6. The maximum atomic E-state index is 12.5. The number of urea groups is 1. The van der Waals surface area contributed by atoms with Crippen LogP contribution in [-0.4, -0.2) is 64.1 Å². The van der Waals surface area contributed by atoms with Crippen molar-refractivity contribution in [2.75, 3.05) is 38.7 Å². The van der Waals surface area contributed by atoms with Gasteiger partial charge in [0.1, 0.15) is 24.9 Å². The second-order valence-electron chi connectivity index (χ2n) is 5.72. The van der Waals surface area contributed by atoms with Crippen molar-refractivity contribution in [3.05, 3.63) is 31.0 Å². The van der Waals surface area contributed by atoms with Crippen LogP contribution in [0.15, 0.2) is 31.0 Å². The van der Waals surface area contributed by atoms with Crippen molar-refractivity contribution in [2.24, 2.45) is 0 Å². The van der Waals surface area contributed by atoms with Crippen LogP contribution in [0.5, 0.6) is 5.88 Å². The van der Waals surface area contributed by atoms with E-state index in [1.54, 1.807) is 36.7 Å². The number of carbonyl (C=O) groups excluding carboxylic acids is 1. The van der Waals surface area contributed by atoms with Crippen LogP contribution < -0.4 is 10.1 Å². The standard InChI is InChI=1S/C16H22N6O3/c1-24-9-10-25-15-14(3-2-6-18-15)20-16(23)21-7-4-13(5-8-21)22-12-17-11-19-22/h2-3,6,11-13H,4-5,7-10H2,1H3,(H,20,23). The molecular weight excluding hydrogens is 324 g/mol. The second-order valence-corrected chi connectivity index (χ2v) is 5.72. The molecule has 1 aliphatic rings. The molecule has 3 heterocycles. The third kappa shape index (κ3) is 4.44. The number of carbonyl (C=O) groups is 1. The predicted molar refractivity (Wildman–Crippen MR) is 90.5 cm³/mol. The van der Waals surface area contributed by atoms with E-state index >= 15 is 0 Å². The van der Waals surface area contributed by atoms with Crippen LogP contribution in [0, 0.1) is 0 Å². The van der Waals surface area contributed by atoms with E-state index in [1.165, 1.54) is 6.33 Å². The fraction of sp³-hybridized carbons (Fsp3) is 0.500. The van der Waals surface area contributed by atoms with Gasteiger partial charge in [0.05, 0.1) is 12.6 Å². The number of nitrogens with one attached hydrogen (secondary N) is 1. The van der Waals surface area contributed by atoms with Crippen LogP contribution >= 0.6 is 0 Å². The van der Waals surface area contributed by atoms with E-state index in [0.717, 1.165) is 12.8 Å². The van der Waals surface area contributed by atoms with Gasteiger partial charge in [0.25, 0.3) is 0 Å². The molecule has 3 rings (SSSR count). The van der Waals surface area contributed by atoms with Crippen molar-refractivity contribution in [1.82, 2.24) is 24.6 Å². The molecule has 0 saturated carbocycles. The summed E-state index contributed by atoms with van der Waals surface area (Å²) in [6.45, 7) is 2.16. The van der Waals surface area contributed by atoms with Gasteiger partial charge >= 0.3 is 6.03 Å². The first kappa shape index (κ1) is 17.2. The van der Waals surface area contributed by atoms with E-state index < -0.39 is 0 Å². The molecule has 2 aromatic rings. The highest BCUT2D eigenvalue weighted by molar-refractivity contribution is 5.90. The topological polar surface area (TPSA) is 94.4 Å². The number of anilines is 1. The molecule has 1 saturated heterocycles. The number of nitrogens with zero attached hydrogens (tertiary/aromatic N) is 5. The van der Waals surface area contributed by atoms with E-state index in [4.69, 9.17) is 9.47 Å². The summed E-state index contributed by atoms with van der Waals surface area (Å²) in [7, 11) is 1.60. The third-order valence-electron chi connectivity index (χ3n) is 4.10. The number of likely N-dealkylation sites (tertiary alicyclic amines) is 1. The van der Waals surface area contributed by atoms with Gasteiger partial charge in [-0.3, -0.25) is 0 Å². The molecule has 25 heavy (non-hydrogen) atoms. The molecule has 134 valence electrons. The number of amides is 2. The SMILES string of the molecule is COCCOc1ncccc1NC(=O)N1CCC(n2cncn2)CC1. The van der Waals surface area contributed by atoms with Crippen molar-refractivity contribution in [2.45, 2.75) is 18.9 Å². The zero-order chi connectivity index (χ0) is 17.5. The van der Waals surface area contributed by atoms with E-state index in [9.17, 15) is 4.79 Å². The summed E-state index contributed by atoms with van der Waals surface area (Å²) in [4.78, 5) is 22.4. The molecule has 1 N–H and O–H groups in total. The van der Waals surface area contributed by atoms with E-state index in [-0.39, 0.29) is 12.1 Å². The minimum atomic E-state index is -0.151. The Hall–Kier alpha value is -2.68. The molecular formula is C16H22N6O3. The number of ether oxygens (including phenoxy) is 2. The lowest BCUT2D eigenvalue weighted by atomic mass is 10.1. The summed E-state index contributed by atoms with van der Waals surface area (Å²) in [6, 6.07) is 3.67. The zero-order valence-corrected chi connectivity index (χ0v) is 14.2. The van der Waals surface area contributed by atoms with Crippen molar-refractivity contribution in [3.8, 4) is 5.88 Å². The first-order chi connectivity index (χ1) is 12.3. The maximum Gasteiger partial charge on any atom is 0.321 e. The molecule has 2 aromatic heterocycles. The monoisotopic (exact) mass is 346 g/mol. The second kappa shape index (κ2) is 8.43. The molecule has 9 nitrogen and oxygen atoms in total. The number of piperidine rings is 1. The summed E-state index contributed by atoms with van der Waals surface area (Å²) in [5.74, 6) is 0.394. The number of hydrogen-bond donors (Lipinski definition) is 1. The Morgan fingerprint density at radius 3 is 2.92 bits per heavy atom. The van der Waals surface area contributed by atoms with Crippen LogP contribution in [0.3, 0.4) is 0 Å². The third-order valence-corrected chi connectivity index (χ3v) is 4.10. The Morgan fingerprint density at radius 1 is 1.36 bits per heavy atom. The number of pyridine rings is 1. The molecule has 0 bridgehead atoms. The van der Waals surface area contributed by atoms with Crippen LogP contribution in [0.25, 0.3) is 0 Å². The minimum Gasteiger partial charge on any atom is -0.474 e. The van der Waals surface area contributed by atoms with Gasteiger partial charge in [0.2, 0.25) is 5.88 Å². The van der Waals surface area contributed by atoms with E-state index in [2.05, 4.69) is 20.4 Å². The molecule has 1 fully saturated rings. The maximum absolute atomic E-state index is 12.5. The molecule has 0 unspecified atom stereocenters. The molecule has 1 aliphatic heterocycles. The summed E-state index contributed by atoms with van der Waals surface area (Å²) in [6.07, 6.45) is 6.58. The molecule has 0 spiro atoms. The van der Waals surface area contributed by atoms with Crippen LogP contribution in [-0.2, 0) is 4.74 Å². The molecule has 0 atom stereocenters. The smallest absolute Gasteiger partial charge is 0.321 e. The fourth-order valence-corrected chi connectivity index (χ4v) is 2.76. The van der Waals surface area contributed by atoms with Crippen molar-refractivity contribution < 1.29 is 14.3 Å². The Labute approximate surface area is 146 Å². The average molecular weight is 346 g/mol. The largest absolute Gasteiger partial charge is 0.474 e. The van der Waals surface area contributed by atoms with Gasteiger partial charge in [-0.2, -0.15) is 5.10 Å². The van der Waals surface area contributed by atoms with Gasteiger partial charge < -0.3 is 19.7 Å². The Morgan fingerprint density at radius 2 is 2.20 bits per heavy atom. The van der Waals surface area contributed by atoms with Gasteiger partial charge in [-0.05, 0) is 25.0 Å². The van der Waals surface area contributed by atoms with E-state index in [1.807, 2.05) is 4.68 Å². The Balaban J connectivity index is 1.54. The quantitative estimate of drug-likeness (QED) is 0.798. The van der Waals surface area contributed by atoms with E-state index in [0.29, 0.717) is 37.9 Å². The summed E-state index contributed by atoms with van der Waals surface area (Å²) in [5, 5.41) is 7.06. The Bertz CT molecular complexity index is 670. The van der Waals surface area contributed by atoms with Crippen LogP contribution in [0.4, 0.5) is 10.5 Å². The average Bonchev–Trinajstić information content (AvgIpc) is 3.18. The number of aromatic nitrogens is 4. The lowest BCUT2D eigenvalue weighted by Crippen LogP contribution is -2.41. The molecule has 0 aliphatic carbocycles. The van der Waals surface area contributed by atoms with Gasteiger partial charge in [-0.1, -0.05) is 0 Å².